The smallest absolute Gasteiger partial charge is 0.240 e. The van der Waals surface area contributed by atoms with E-state index in [9.17, 15) is 8.42 Å². The van der Waals surface area contributed by atoms with Crippen molar-refractivity contribution in [1.82, 2.24) is 14.9 Å². The fourth-order valence-electron chi connectivity index (χ4n) is 2.57. The first-order valence-electron chi connectivity index (χ1n) is 8.28. The normalized spacial score (nSPS) is 19.1. The highest BCUT2D eigenvalue weighted by molar-refractivity contribution is 8.00. The number of nitrogens with zero attached hydrogens (tertiary/aromatic N) is 2. The maximum atomic E-state index is 12.2. The summed E-state index contributed by atoms with van der Waals surface area (Å²) in [5, 5.41) is 4.25. The molecule has 0 radical (unpaired) electrons. The van der Waals surface area contributed by atoms with Gasteiger partial charge in [0.1, 0.15) is 0 Å². The second-order valence-corrected chi connectivity index (χ2v) is 9.29. The van der Waals surface area contributed by atoms with Crippen molar-refractivity contribution in [3.63, 3.8) is 0 Å². The van der Waals surface area contributed by atoms with E-state index in [1.165, 1.54) is 12.1 Å². The average Bonchev–Trinajstić information content (AvgIpc) is 2.62. The maximum absolute atomic E-state index is 12.2. The van der Waals surface area contributed by atoms with Crippen LogP contribution in [0.25, 0.3) is 0 Å². The van der Waals surface area contributed by atoms with Gasteiger partial charge in [-0.3, -0.25) is 4.99 Å². The van der Waals surface area contributed by atoms with Gasteiger partial charge in [-0.25, -0.2) is 13.1 Å². The molecule has 0 amide bonds. The molecule has 9 heteroatoms. The largest absolute Gasteiger partial charge is 0.355 e. The number of thioether (sulfide) groups is 1. The first-order chi connectivity index (χ1) is 12.0. The molecule has 0 aromatic heterocycles. The van der Waals surface area contributed by atoms with Gasteiger partial charge in [-0.05, 0) is 24.6 Å². The zero-order valence-corrected chi connectivity index (χ0v) is 16.9. The van der Waals surface area contributed by atoms with Gasteiger partial charge >= 0.3 is 0 Å². The summed E-state index contributed by atoms with van der Waals surface area (Å²) in [6.45, 7) is 4.85. The van der Waals surface area contributed by atoms with Crippen molar-refractivity contribution in [1.29, 1.82) is 0 Å². The predicted molar refractivity (Wildman–Crippen MR) is 106 cm³/mol. The molecule has 2 N–H and O–H groups in total. The summed E-state index contributed by atoms with van der Waals surface area (Å²) in [4.78, 5) is 6.71. The van der Waals surface area contributed by atoms with Crippen LogP contribution in [-0.4, -0.2) is 63.5 Å². The van der Waals surface area contributed by atoms with E-state index in [0.717, 1.165) is 31.2 Å². The van der Waals surface area contributed by atoms with Gasteiger partial charge in [0.25, 0.3) is 0 Å². The Bertz CT molecular complexity index is 697. The Hall–Kier alpha value is -0.960. The Kier molecular flexibility index (Phi) is 7.86. The number of sulfonamides is 1. The molecule has 0 spiro atoms. The second-order valence-electron chi connectivity index (χ2n) is 5.68. The summed E-state index contributed by atoms with van der Waals surface area (Å²) in [5.41, 5.74) is 0. The molecule has 6 nitrogen and oxygen atoms in total. The van der Waals surface area contributed by atoms with E-state index in [0.29, 0.717) is 16.8 Å². The van der Waals surface area contributed by atoms with E-state index in [4.69, 9.17) is 11.6 Å². The van der Waals surface area contributed by atoms with Crippen LogP contribution in [0.3, 0.4) is 0 Å². The van der Waals surface area contributed by atoms with E-state index < -0.39 is 10.0 Å². The van der Waals surface area contributed by atoms with Crippen molar-refractivity contribution in [2.24, 2.45) is 4.99 Å². The Morgan fingerprint density at radius 2 is 2.24 bits per heavy atom. The molecule has 140 valence electrons. The van der Waals surface area contributed by atoms with Crippen LogP contribution in [0.15, 0.2) is 34.2 Å². The molecule has 25 heavy (non-hydrogen) atoms. The summed E-state index contributed by atoms with van der Waals surface area (Å²) in [7, 11) is -1.81. The Morgan fingerprint density at radius 1 is 1.44 bits per heavy atom. The van der Waals surface area contributed by atoms with E-state index in [1.807, 2.05) is 11.8 Å². The molecule has 1 aromatic rings. The van der Waals surface area contributed by atoms with Crippen molar-refractivity contribution in [3.8, 4) is 0 Å². The van der Waals surface area contributed by atoms with E-state index in [-0.39, 0.29) is 11.4 Å². The summed E-state index contributed by atoms with van der Waals surface area (Å²) in [6.07, 6.45) is 1.14. The van der Waals surface area contributed by atoms with Crippen molar-refractivity contribution in [2.75, 3.05) is 39.0 Å². The Balaban J connectivity index is 1.83. The number of rotatable bonds is 6. The molecule has 1 aliphatic rings. The van der Waals surface area contributed by atoms with Crippen molar-refractivity contribution in [2.45, 2.75) is 23.5 Å². The first kappa shape index (κ1) is 20.4. The van der Waals surface area contributed by atoms with Crippen molar-refractivity contribution >= 4 is 39.3 Å². The molecule has 1 atom stereocenters. The lowest BCUT2D eigenvalue weighted by atomic mass is 10.3. The van der Waals surface area contributed by atoms with Crippen LogP contribution in [0.1, 0.15) is 13.3 Å². The van der Waals surface area contributed by atoms with Gasteiger partial charge in [0.05, 0.1) is 4.90 Å². The minimum absolute atomic E-state index is 0.170. The quantitative estimate of drug-likeness (QED) is 0.431. The number of aliphatic imine (C=N–C) groups is 1. The lowest BCUT2D eigenvalue weighted by Crippen LogP contribution is -2.49. The number of guanidine groups is 1. The van der Waals surface area contributed by atoms with Crippen LogP contribution < -0.4 is 10.0 Å². The molecule has 1 aliphatic heterocycles. The highest BCUT2D eigenvalue weighted by Crippen LogP contribution is 2.21. The van der Waals surface area contributed by atoms with Gasteiger partial charge in [-0.2, -0.15) is 11.8 Å². The molecular weight excluding hydrogens is 380 g/mol. The molecule has 0 bridgehead atoms. The minimum atomic E-state index is -3.56. The zero-order chi connectivity index (χ0) is 18.3. The van der Waals surface area contributed by atoms with Gasteiger partial charge in [0.15, 0.2) is 5.96 Å². The third-order valence-electron chi connectivity index (χ3n) is 3.91. The molecule has 0 aliphatic carbocycles. The topological polar surface area (TPSA) is 73.8 Å². The number of halogens is 1. The molecule has 1 fully saturated rings. The van der Waals surface area contributed by atoms with Crippen LogP contribution in [0, 0.1) is 0 Å². The van der Waals surface area contributed by atoms with Crippen LogP contribution in [0.5, 0.6) is 0 Å². The van der Waals surface area contributed by atoms with Crippen LogP contribution in [-0.2, 0) is 10.0 Å². The van der Waals surface area contributed by atoms with Gasteiger partial charge in [-0.1, -0.05) is 24.6 Å². The minimum Gasteiger partial charge on any atom is -0.355 e. The zero-order valence-electron chi connectivity index (χ0n) is 14.5. The maximum Gasteiger partial charge on any atom is 0.240 e. The number of benzene rings is 1. The number of nitrogens with one attached hydrogen (secondary N) is 2. The van der Waals surface area contributed by atoms with Gasteiger partial charge in [0, 0.05) is 49.3 Å². The Labute approximate surface area is 159 Å². The summed E-state index contributed by atoms with van der Waals surface area (Å²) < 4.78 is 27.1. The van der Waals surface area contributed by atoms with Crippen molar-refractivity contribution < 1.29 is 8.42 Å². The molecule has 0 saturated carbocycles. The molecule has 1 saturated heterocycles. The summed E-state index contributed by atoms with van der Waals surface area (Å²) in [6, 6.07) is 6.23. The highest BCUT2D eigenvalue weighted by atomic mass is 35.5. The third kappa shape index (κ3) is 6.06. The molecular formula is C16H25ClN4O2S2. The van der Waals surface area contributed by atoms with Crippen LogP contribution in [0.2, 0.25) is 5.02 Å². The predicted octanol–water partition coefficient (Wildman–Crippen LogP) is 2.02. The molecule has 1 unspecified atom stereocenters. The fourth-order valence-corrected chi connectivity index (χ4v) is 5.08. The highest BCUT2D eigenvalue weighted by Gasteiger charge is 2.21. The van der Waals surface area contributed by atoms with E-state index >= 15 is 0 Å². The number of hydrogen-bond donors (Lipinski definition) is 2. The van der Waals surface area contributed by atoms with Gasteiger partial charge in [-0.15, -0.1) is 0 Å². The lowest BCUT2D eigenvalue weighted by Gasteiger charge is -2.34. The van der Waals surface area contributed by atoms with E-state index in [2.05, 4.69) is 26.9 Å². The average molecular weight is 405 g/mol. The summed E-state index contributed by atoms with van der Waals surface area (Å²) >= 11 is 7.85. The van der Waals surface area contributed by atoms with Gasteiger partial charge < -0.3 is 10.2 Å². The monoisotopic (exact) mass is 404 g/mol. The van der Waals surface area contributed by atoms with Gasteiger partial charge in [0.2, 0.25) is 10.0 Å². The molecule has 2 rings (SSSR count). The molecule has 1 aromatic carbocycles. The standard InChI is InChI=1S/C16H25ClN4O2S2/c1-3-14-12-21(9-10-24-14)16(18-2)19-7-8-20-25(22,23)15-6-4-5-13(17)11-15/h4-6,11,14,20H,3,7-10,12H2,1-2H3,(H,18,19). The second kappa shape index (κ2) is 9.66. The SMILES string of the molecule is CCC1CN(C(=NC)NCCNS(=O)(=O)c2cccc(Cl)c2)CCS1. The van der Waals surface area contributed by atoms with Crippen molar-refractivity contribution in [3.05, 3.63) is 29.3 Å². The van der Waals surface area contributed by atoms with Crippen LogP contribution in [0.4, 0.5) is 0 Å². The van der Waals surface area contributed by atoms with E-state index in [1.54, 1.807) is 19.2 Å². The third-order valence-corrected chi connectivity index (χ3v) is 6.98. The lowest BCUT2D eigenvalue weighted by molar-refractivity contribution is 0.408. The summed E-state index contributed by atoms with van der Waals surface area (Å²) in [5.74, 6) is 1.90. The first-order valence-corrected chi connectivity index (χ1v) is 11.2. The number of hydrogen-bond acceptors (Lipinski definition) is 4. The molecule has 1 heterocycles. The van der Waals surface area contributed by atoms with Crippen LogP contribution >= 0.6 is 23.4 Å². The Morgan fingerprint density at radius 3 is 2.92 bits per heavy atom. The fraction of sp³-hybridized carbons (Fsp3) is 0.562.